The number of thioether (sulfide) groups is 1. The van der Waals surface area contributed by atoms with Gasteiger partial charge in [0.05, 0.1) is 24.3 Å². The lowest BCUT2D eigenvalue weighted by molar-refractivity contribution is -0.138. The molecule has 0 atom stereocenters. The van der Waals surface area contributed by atoms with Crippen LogP contribution in [0.3, 0.4) is 0 Å². The van der Waals surface area contributed by atoms with Crippen molar-refractivity contribution >= 4 is 51.3 Å². The Balaban J connectivity index is 1.50. The fourth-order valence-corrected chi connectivity index (χ4v) is 5.84. The van der Waals surface area contributed by atoms with Gasteiger partial charge in [-0.2, -0.15) is 0 Å². The van der Waals surface area contributed by atoms with Crippen molar-refractivity contribution in [1.82, 2.24) is 9.47 Å². The van der Waals surface area contributed by atoms with Crippen LogP contribution in [0.5, 0.6) is 5.75 Å². The molecule has 0 unspecified atom stereocenters. The fraction of sp³-hybridized carbons (Fsp3) is 0.300. The summed E-state index contributed by atoms with van der Waals surface area (Å²) in [4.78, 5) is 32.9. The van der Waals surface area contributed by atoms with Crippen molar-refractivity contribution in [3.63, 3.8) is 0 Å². The maximum Gasteiger partial charge on any atom is 0.344 e. The molecule has 0 radical (unpaired) electrons. The summed E-state index contributed by atoms with van der Waals surface area (Å²) in [5.74, 6) is -0.0106. The molecule has 5 rings (SSSR count). The molecule has 2 aliphatic heterocycles. The van der Waals surface area contributed by atoms with E-state index in [2.05, 4.69) is 4.99 Å². The van der Waals surface area contributed by atoms with Crippen LogP contribution < -0.4 is 4.74 Å². The molecular weight excluding hydrogens is 514 g/mol. The third-order valence-electron chi connectivity index (χ3n) is 6.79. The smallest absolute Gasteiger partial charge is 0.344 e. The van der Waals surface area contributed by atoms with Gasteiger partial charge in [-0.25, -0.2) is 9.79 Å². The lowest BCUT2D eigenvalue weighted by atomic mass is 10.1. The van der Waals surface area contributed by atoms with Crippen LogP contribution in [-0.4, -0.2) is 58.3 Å². The van der Waals surface area contributed by atoms with Gasteiger partial charge in [0, 0.05) is 35.8 Å². The molecule has 0 bridgehead atoms. The van der Waals surface area contributed by atoms with Crippen LogP contribution in [0.2, 0.25) is 0 Å². The van der Waals surface area contributed by atoms with Gasteiger partial charge in [-0.05, 0) is 62.6 Å². The Bertz CT molecular complexity index is 1480. The molecule has 39 heavy (non-hydrogen) atoms. The monoisotopic (exact) mass is 545 g/mol. The van der Waals surface area contributed by atoms with Crippen molar-refractivity contribution in [3.05, 3.63) is 76.5 Å². The van der Waals surface area contributed by atoms with E-state index in [-0.39, 0.29) is 30.4 Å². The zero-order valence-corrected chi connectivity index (χ0v) is 22.9. The van der Waals surface area contributed by atoms with E-state index in [9.17, 15) is 14.7 Å². The summed E-state index contributed by atoms with van der Waals surface area (Å²) in [6.07, 6.45) is 7.01. The highest BCUT2D eigenvalue weighted by atomic mass is 32.2. The first-order valence-corrected chi connectivity index (χ1v) is 13.9. The predicted molar refractivity (Wildman–Crippen MR) is 154 cm³/mol. The van der Waals surface area contributed by atoms with Crippen molar-refractivity contribution in [2.45, 2.75) is 32.7 Å². The number of carbonyl (C=O) groups is 2. The molecule has 3 aromatic rings. The molecule has 2 aliphatic rings. The number of esters is 1. The van der Waals surface area contributed by atoms with Gasteiger partial charge in [-0.3, -0.25) is 4.79 Å². The van der Waals surface area contributed by atoms with E-state index in [0.29, 0.717) is 21.4 Å². The van der Waals surface area contributed by atoms with E-state index in [1.165, 1.54) is 18.2 Å². The van der Waals surface area contributed by atoms with Gasteiger partial charge < -0.3 is 24.0 Å². The zero-order chi connectivity index (χ0) is 27.4. The standard InChI is InChI=1S/C30H31N3O5S/c1-3-38-30(36)27-28(35)25(39-29(27)31-21-11-13-22(37-2)14-12-21)17-20-18-33(24-10-6-5-9-23(20)24)19-26(34)32-15-7-4-8-16-32/h5-6,9-14,17-18,35H,3-4,7-8,15-16,19H2,1-2H3/b25-17-,31-29?. The number of fused-ring (bicyclic) bond motifs is 1. The van der Waals surface area contributed by atoms with Gasteiger partial charge in [0.25, 0.3) is 0 Å². The first-order valence-electron chi connectivity index (χ1n) is 13.1. The van der Waals surface area contributed by atoms with E-state index < -0.39 is 5.97 Å². The van der Waals surface area contributed by atoms with Crippen molar-refractivity contribution in [1.29, 1.82) is 0 Å². The Morgan fingerprint density at radius 2 is 1.82 bits per heavy atom. The number of carbonyl (C=O) groups excluding carboxylic acids is 2. The number of rotatable bonds is 7. The SMILES string of the molecule is CCOC(=O)C1=C(O)/C(=C/c2cn(CC(=O)N3CCCCC3)c3ccccc23)SC1=Nc1ccc(OC)cc1. The molecule has 0 aliphatic carbocycles. The molecule has 1 saturated heterocycles. The third-order valence-corrected chi connectivity index (χ3v) is 7.81. The molecule has 0 saturated carbocycles. The second kappa shape index (κ2) is 11.8. The first kappa shape index (κ1) is 26.6. The molecule has 1 amide bonds. The van der Waals surface area contributed by atoms with Crippen molar-refractivity contribution in [2.24, 2.45) is 4.99 Å². The topological polar surface area (TPSA) is 93.4 Å². The lowest BCUT2D eigenvalue weighted by Crippen LogP contribution is -2.37. The number of likely N-dealkylation sites (tertiary alicyclic amines) is 1. The van der Waals surface area contributed by atoms with Crippen LogP contribution in [0.4, 0.5) is 5.69 Å². The lowest BCUT2D eigenvalue weighted by Gasteiger charge is -2.27. The van der Waals surface area contributed by atoms with Crippen LogP contribution in [0.25, 0.3) is 17.0 Å². The third kappa shape index (κ3) is 5.73. The summed E-state index contributed by atoms with van der Waals surface area (Å²) in [5.41, 5.74) is 2.41. The molecule has 1 fully saturated rings. The average molecular weight is 546 g/mol. The number of aliphatic hydroxyl groups is 1. The molecule has 9 heteroatoms. The minimum absolute atomic E-state index is 0.0351. The second-order valence-electron chi connectivity index (χ2n) is 9.34. The molecule has 8 nitrogen and oxygen atoms in total. The number of aliphatic hydroxyl groups excluding tert-OH is 1. The van der Waals surface area contributed by atoms with Gasteiger partial charge in [-0.1, -0.05) is 30.0 Å². The van der Waals surface area contributed by atoms with Crippen LogP contribution >= 0.6 is 11.8 Å². The van der Waals surface area contributed by atoms with Crippen LogP contribution in [0.1, 0.15) is 31.7 Å². The summed E-state index contributed by atoms with van der Waals surface area (Å²) >= 11 is 1.21. The second-order valence-corrected chi connectivity index (χ2v) is 10.4. The minimum Gasteiger partial charge on any atom is -0.506 e. The number of hydrogen-bond acceptors (Lipinski definition) is 7. The minimum atomic E-state index is -0.632. The number of hydrogen-bond donors (Lipinski definition) is 1. The molecule has 2 aromatic carbocycles. The zero-order valence-electron chi connectivity index (χ0n) is 22.1. The predicted octanol–water partition coefficient (Wildman–Crippen LogP) is 5.86. The first-order chi connectivity index (χ1) is 19.0. The van der Waals surface area contributed by atoms with Gasteiger partial charge in [0.1, 0.15) is 28.7 Å². The average Bonchev–Trinajstić information content (AvgIpc) is 3.46. The van der Waals surface area contributed by atoms with Gasteiger partial charge in [0.2, 0.25) is 5.91 Å². The van der Waals surface area contributed by atoms with E-state index in [1.54, 1.807) is 38.3 Å². The van der Waals surface area contributed by atoms with Gasteiger partial charge >= 0.3 is 5.97 Å². The molecule has 1 aromatic heterocycles. The molecule has 1 N–H and O–H groups in total. The Morgan fingerprint density at radius 3 is 2.54 bits per heavy atom. The van der Waals surface area contributed by atoms with Crippen LogP contribution in [-0.2, 0) is 20.9 Å². The van der Waals surface area contributed by atoms with Crippen LogP contribution in [0.15, 0.2) is 76.0 Å². The molecule has 3 heterocycles. The largest absolute Gasteiger partial charge is 0.506 e. The summed E-state index contributed by atoms with van der Waals surface area (Å²) in [6.45, 7) is 3.74. The number of aliphatic imine (C=N–C) groups is 1. The number of amides is 1. The number of piperidine rings is 1. The Hall–Kier alpha value is -3.98. The van der Waals surface area contributed by atoms with E-state index >= 15 is 0 Å². The van der Waals surface area contributed by atoms with Crippen LogP contribution in [0, 0.1) is 0 Å². The fourth-order valence-electron chi connectivity index (χ4n) is 4.82. The van der Waals surface area contributed by atoms with E-state index in [1.807, 2.05) is 46.0 Å². The molecular formula is C30H31N3O5S. The molecule has 0 spiro atoms. The number of benzene rings is 2. The van der Waals surface area contributed by atoms with E-state index in [0.717, 1.165) is 42.4 Å². The number of ether oxygens (including phenoxy) is 2. The summed E-state index contributed by atoms with van der Waals surface area (Å²) in [7, 11) is 1.59. The summed E-state index contributed by atoms with van der Waals surface area (Å²) in [5, 5.41) is 12.5. The number of methoxy groups -OCH3 is 1. The Morgan fingerprint density at radius 1 is 1.08 bits per heavy atom. The van der Waals surface area contributed by atoms with Crippen molar-refractivity contribution in [2.75, 3.05) is 26.8 Å². The highest BCUT2D eigenvalue weighted by Gasteiger charge is 2.33. The Kier molecular flexibility index (Phi) is 8.07. The number of nitrogens with zero attached hydrogens (tertiary/aromatic N) is 3. The maximum atomic E-state index is 13.0. The van der Waals surface area contributed by atoms with Gasteiger partial charge in [-0.15, -0.1) is 0 Å². The normalized spacial score (nSPS) is 17.8. The van der Waals surface area contributed by atoms with Crippen molar-refractivity contribution in [3.8, 4) is 5.75 Å². The highest BCUT2D eigenvalue weighted by molar-refractivity contribution is 8.18. The van der Waals surface area contributed by atoms with Crippen molar-refractivity contribution < 1.29 is 24.2 Å². The number of para-hydroxylation sites is 1. The quantitative estimate of drug-likeness (QED) is 0.374. The Labute approximate surface area is 231 Å². The van der Waals surface area contributed by atoms with E-state index in [4.69, 9.17) is 9.47 Å². The maximum absolute atomic E-state index is 13.0. The molecule has 202 valence electrons. The van der Waals surface area contributed by atoms with Gasteiger partial charge in [0.15, 0.2) is 0 Å². The summed E-state index contributed by atoms with van der Waals surface area (Å²) < 4.78 is 12.4. The highest BCUT2D eigenvalue weighted by Crippen LogP contribution is 2.41. The summed E-state index contributed by atoms with van der Waals surface area (Å²) in [6, 6.07) is 15.0. The number of aromatic nitrogens is 1.